The van der Waals surface area contributed by atoms with Gasteiger partial charge < -0.3 is 4.74 Å². The molecular weight excluding hydrogens is 128 g/mol. The van der Waals surface area contributed by atoms with Gasteiger partial charge in [-0.05, 0) is 11.8 Å². The Morgan fingerprint density at radius 2 is 2.00 bits per heavy atom. The summed E-state index contributed by atoms with van der Waals surface area (Å²) in [6, 6.07) is 0. The topological polar surface area (TPSA) is 26.3 Å². The Morgan fingerprint density at radius 1 is 1.50 bits per heavy atom. The van der Waals surface area contributed by atoms with Crippen LogP contribution in [0.15, 0.2) is 0 Å². The lowest BCUT2D eigenvalue weighted by Gasteiger charge is -2.12. The van der Waals surface area contributed by atoms with Gasteiger partial charge in [-0.3, -0.25) is 4.79 Å². The standard InChI is InChI=1S/C8H14O2/c1-6(2)7(3)5-8(9)10-4/h4,6-7H,5H2,1-3H3. The zero-order chi connectivity index (χ0) is 8.15. The third kappa shape index (κ3) is 3.49. The Balaban J connectivity index is 3.57. The molecule has 0 N–H and O–H groups in total. The largest absolute Gasteiger partial charge is 0.454 e. The van der Waals surface area contributed by atoms with Crippen molar-refractivity contribution in [3.63, 3.8) is 0 Å². The summed E-state index contributed by atoms with van der Waals surface area (Å²) >= 11 is 0. The van der Waals surface area contributed by atoms with Crippen molar-refractivity contribution in [1.82, 2.24) is 0 Å². The van der Waals surface area contributed by atoms with Crippen LogP contribution in [0.3, 0.4) is 0 Å². The van der Waals surface area contributed by atoms with Gasteiger partial charge in [-0.25, -0.2) is 0 Å². The highest BCUT2D eigenvalue weighted by Gasteiger charge is 2.11. The van der Waals surface area contributed by atoms with Crippen molar-refractivity contribution in [3.05, 3.63) is 7.11 Å². The second-order valence-corrected chi connectivity index (χ2v) is 2.92. The maximum atomic E-state index is 10.6. The van der Waals surface area contributed by atoms with Crippen molar-refractivity contribution in [1.29, 1.82) is 0 Å². The summed E-state index contributed by atoms with van der Waals surface area (Å²) in [6.07, 6.45) is 0.411. The predicted molar refractivity (Wildman–Crippen MR) is 39.0 cm³/mol. The van der Waals surface area contributed by atoms with Crippen molar-refractivity contribution < 1.29 is 9.53 Å². The lowest BCUT2D eigenvalue weighted by molar-refractivity contribution is -0.139. The minimum atomic E-state index is -0.332. The minimum absolute atomic E-state index is 0.332. The number of hydrogen-bond donors (Lipinski definition) is 0. The van der Waals surface area contributed by atoms with Gasteiger partial charge >= 0.3 is 5.97 Å². The molecule has 0 saturated carbocycles. The molecule has 0 fully saturated rings. The van der Waals surface area contributed by atoms with Gasteiger partial charge in [0.1, 0.15) is 0 Å². The average Bonchev–Trinajstić information content (AvgIpc) is 1.87. The monoisotopic (exact) mass is 142 g/mol. The van der Waals surface area contributed by atoms with E-state index in [-0.39, 0.29) is 5.97 Å². The summed E-state index contributed by atoms with van der Waals surface area (Å²) in [6.45, 7) is 6.13. The fourth-order valence-corrected chi connectivity index (χ4v) is 0.547. The zero-order valence-corrected chi connectivity index (χ0v) is 6.76. The van der Waals surface area contributed by atoms with Gasteiger partial charge in [-0.2, -0.15) is 0 Å². The van der Waals surface area contributed by atoms with Crippen LogP contribution in [0.25, 0.3) is 0 Å². The quantitative estimate of drug-likeness (QED) is 0.562. The fourth-order valence-electron chi connectivity index (χ4n) is 0.547. The molecule has 58 valence electrons. The summed E-state index contributed by atoms with van der Waals surface area (Å²) in [7, 11) is 4.67. The molecule has 0 heterocycles. The number of rotatable bonds is 3. The van der Waals surface area contributed by atoms with Gasteiger partial charge in [0, 0.05) is 6.42 Å². The summed E-state index contributed by atoms with van der Waals surface area (Å²) < 4.78 is 4.03. The molecule has 0 amide bonds. The van der Waals surface area contributed by atoms with Crippen LogP contribution in [0.5, 0.6) is 0 Å². The summed E-state index contributed by atoms with van der Waals surface area (Å²) in [5.74, 6) is 0.511. The molecule has 0 aliphatic rings. The highest BCUT2D eigenvalue weighted by molar-refractivity contribution is 5.69. The maximum Gasteiger partial charge on any atom is 0.306 e. The number of carbonyl (C=O) groups excluding carboxylic acids is 1. The van der Waals surface area contributed by atoms with Crippen LogP contribution >= 0.6 is 0 Å². The first-order valence-corrected chi connectivity index (χ1v) is 3.47. The van der Waals surface area contributed by atoms with Gasteiger partial charge in [0.25, 0.3) is 0 Å². The van der Waals surface area contributed by atoms with Crippen LogP contribution in [-0.2, 0) is 9.53 Å². The maximum absolute atomic E-state index is 10.6. The molecule has 2 heteroatoms. The van der Waals surface area contributed by atoms with E-state index >= 15 is 0 Å². The number of ether oxygens (including phenoxy) is 1. The van der Waals surface area contributed by atoms with Crippen LogP contribution in [0, 0.1) is 18.9 Å². The zero-order valence-electron chi connectivity index (χ0n) is 6.76. The first-order valence-electron chi connectivity index (χ1n) is 3.47. The van der Waals surface area contributed by atoms with E-state index in [2.05, 4.69) is 25.7 Å². The molecule has 0 aliphatic carbocycles. The van der Waals surface area contributed by atoms with Crippen molar-refractivity contribution in [2.45, 2.75) is 27.2 Å². The van der Waals surface area contributed by atoms with Gasteiger partial charge in [0.05, 0.1) is 0 Å². The highest BCUT2D eigenvalue weighted by Crippen LogP contribution is 2.13. The Hall–Kier alpha value is -0.530. The average molecular weight is 142 g/mol. The molecule has 0 saturated heterocycles. The van der Waals surface area contributed by atoms with Gasteiger partial charge in [-0.15, -0.1) is 0 Å². The van der Waals surface area contributed by atoms with E-state index in [1.54, 1.807) is 0 Å². The van der Waals surface area contributed by atoms with Gasteiger partial charge in [0.2, 0.25) is 0 Å². The smallest absolute Gasteiger partial charge is 0.306 e. The van der Waals surface area contributed by atoms with E-state index in [4.69, 9.17) is 0 Å². The number of carbonyl (C=O) groups is 1. The van der Waals surface area contributed by atoms with Gasteiger partial charge in [0.15, 0.2) is 7.11 Å². The Kier molecular flexibility index (Phi) is 4.08. The van der Waals surface area contributed by atoms with E-state index in [1.165, 1.54) is 0 Å². The molecule has 0 bridgehead atoms. The Bertz CT molecular complexity index is 108. The summed E-state index contributed by atoms with van der Waals surface area (Å²) in [5, 5.41) is 0. The molecule has 0 aliphatic heterocycles. The highest BCUT2D eigenvalue weighted by atomic mass is 16.5. The van der Waals surface area contributed by atoms with Crippen LogP contribution < -0.4 is 0 Å². The SMILES string of the molecule is [CH]OC(=O)CC(C)C(C)C. The minimum Gasteiger partial charge on any atom is -0.454 e. The molecule has 0 aromatic heterocycles. The molecule has 2 radical (unpaired) electrons. The molecule has 0 spiro atoms. The Labute approximate surface area is 62.6 Å². The first-order chi connectivity index (χ1) is 4.57. The Morgan fingerprint density at radius 3 is 2.30 bits per heavy atom. The van der Waals surface area contributed by atoms with Crippen LogP contribution in [-0.4, -0.2) is 5.97 Å². The van der Waals surface area contributed by atoms with Crippen LogP contribution in [0.2, 0.25) is 0 Å². The predicted octanol–water partition coefficient (Wildman–Crippen LogP) is 1.88. The third-order valence-corrected chi connectivity index (χ3v) is 1.76. The lowest BCUT2D eigenvalue weighted by atomic mass is 9.95. The molecule has 1 unspecified atom stereocenters. The summed E-state index contributed by atoms with van der Waals surface area (Å²) in [5.41, 5.74) is 0. The second kappa shape index (κ2) is 4.31. The third-order valence-electron chi connectivity index (χ3n) is 1.76. The van der Waals surface area contributed by atoms with E-state index in [9.17, 15) is 4.79 Å². The van der Waals surface area contributed by atoms with Crippen molar-refractivity contribution in [2.24, 2.45) is 11.8 Å². The number of esters is 1. The summed E-state index contributed by atoms with van der Waals surface area (Å²) in [4.78, 5) is 10.6. The molecule has 2 nitrogen and oxygen atoms in total. The first kappa shape index (κ1) is 9.47. The van der Waals surface area contributed by atoms with E-state index in [0.29, 0.717) is 18.3 Å². The van der Waals surface area contributed by atoms with Gasteiger partial charge in [-0.1, -0.05) is 20.8 Å². The van der Waals surface area contributed by atoms with Crippen molar-refractivity contribution >= 4 is 5.97 Å². The molecule has 0 rings (SSSR count). The van der Waals surface area contributed by atoms with E-state index in [1.807, 2.05) is 6.92 Å². The van der Waals surface area contributed by atoms with Crippen LogP contribution in [0.4, 0.5) is 0 Å². The van der Waals surface area contributed by atoms with E-state index in [0.717, 1.165) is 0 Å². The normalized spacial score (nSPS) is 13.3. The molecule has 0 aromatic carbocycles. The van der Waals surface area contributed by atoms with Crippen molar-refractivity contribution in [2.75, 3.05) is 0 Å². The molecular formula is C8H14O2. The number of hydrogen-bond acceptors (Lipinski definition) is 2. The van der Waals surface area contributed by atoms with Crippen LogP contribution in [0.1, 0.15) is 27.2 Å². The molecule has 10 heavy (non-hydrogen) atoms. The lowest BCUT2D eigenvalue weighted by Crippen LogP contribution is -2.11. The molecule has 0 aromatic rings. The van der Waals surface area contributed by atoms with E-state index < -0.39 is 0 Å². The van der Waals surface area contributed by atoms with Crippen molar-refractivity contribution in [3.8, 4) is 0 Å². The molecule has 1 atom stereocenters. The fraction of sp³-hybridized carbons (Fsp3) is 0.750. The second-order valence-electron chi connectivity index (χ2n) is 2.92.